The van der Waals surface area contributed by atoms with Gasteiger partial charge in [-0.25, -0.2) is 4.39 Å². The van der Waals surface area contributed by atoms with Gasteiger partial charge in [-0.15, -0.1) is 0 Å². The van der Waals surface area contributed by atoms with Crippen molar-refractivity contribution in [3.05, 3.63) is 71.4 Å². The number of carbonyl (C=O) groups is 1. The Labute approximate surface area is 193 Å². The van der Waals surface area contributed by atoms with E-state index in [1.165, 1.54) is 23.3 Å². The maximum absolute atomic E-state index is 13.5. The fraction of sp³-hybridized carbons (Fsp3) is 0.423. The molecule has 33 heavy (non-hydrogen) atoms. The van der Waals surface area contributed by atoms with Crippen LogP contribution in [0.1, 0.15) is 54.7 Å². The Morgan fingerprint density at radius 3 is 2.79 bits per heavy atom. The maximum atomic E-state index is 13.5. The Hall–Kier alpha value is -3.06. The van der Waals surface area contributed by atoms with E-state index < -0.39 is 0 Å². The summed E-state index contributed by atoms with van der Waals surface area (Å²) in [5, 5.41) is 7.32. The quantitative estimate of drug-likeness (QED) is 0.571. The fourth-order valence-corrected chi connectivity index (χ4v) is 4.65. The standard InChI is InChI=1S/C26H29FN4O2/c1-17-7-9-18(10-8-17)24(19-11-12-19)28-23(32)16-31-13-3-5-21(15-31)26-29-25(30-33-26)20-4-2-6-22(27)14-20/h2,4,6-10,14,19,21,24H,3,5,11-13,15-16H2,1H3,(H,28,32). The molecule has 2 fully saturated rings. The van der Waals surface area contributed by atoms with E-state index in [2.05, 4.69) is 51.5 Å². The van der Waals surface area contributed by atoms with E-state index in [-0.39, 0.29) is 23.7 Å². The minimum Gasteiger partial charge on any atom is -0.348 e. The highest BCUT2D eigenvalue weighted by Crippen LogP contribution is 2.41. The summed E-state index contributed by atoms with van der Waals surface area (Å²) >= 11 is 0. The molecule has 7 heteroatoms. The first kappa shape index (κ1) is 21.8. The summed E-state index contributed by atoms with van der Waals surface area (Å²) in [6.45, 7) is 3.99. The van der Waals surface area contributed by atoms with E-state index in [9.17, 15) is 9.18 Å². The van der Waals surface area contributed by atoms with Crippen molar-refractivity contribution in [2.45, 2.75) is 44.6 Å². The van der Waals surface area contributed by atoms with Crippen molar-refractivity contribution in [2.24, 2.45) is 5.92 Å². The van der Waals surface area contributed by atoms with Crippen molar-refractivity contribution in [1.82, 2.24) is 20.4 Å². The summed E-state index contributed by atoms with van der Waals surface area (Å²) in [6.07, 6.45) is 4.21. The zero-order valence-electron chi connectivity index (χ0n) is 18.8. The molecule has 2 unspecified atom stereocenters. The van der Waals surface area contributed by atoms with Gasteiger partial charge in [0.1, 0.15) is 5.82 Å². The summed E-state index contributed by atoms with van der Waals surface area (Å²) in [4.78, 5) is 19.6. The predicted molar refractivity (Wildman–Crippen MR) is 123 cm³/mol. The average molecular weight is 449 g/mol. The minimum atomic E-state index is -0.330. The van der Waals surface area contributed by atoms with Crippen LogP contribution in [0.15, 0.2) is 53.1 Å². The number of nitrogens with one attached hydrogen (secondary N) is 1. The second-order valence-electron chi connectivity index (χ2n) is 9.33. The highest BCUT2D eigenvalue weighted by molar-refractivity contribution is 5.78. The third-order valence-electron chi connectivity index (χ3n) is 6.59. The summed E-state index contributed by atoms with van der Waals surface area (Å²) in [6, 6.07) is 14.7. The highest BCUT2D eigenvalue weighted by Gasteiger charge is 2.34. The van der Waals surface area contributed by atoms with Crippen molar-refractivity contribution in [3.8, 4) is 11.4 Å². The van der Waals surface area contributed by atoms with Crippen LogP contribution in [-0.4, -0.2) is 40.6 Å². The van der Waals surface area contributed by atoms with Gasteiger partial charge in [-0.05, 0) is 62.8 Å². The van der Waals surface area contributed by atoms with Gasteiger partial charge >= 0.3 is 0 Å². The van der Waals surface area contributed by atoms with Crippen LogP contribution < -0.4 is 5.32 Å². The van der Waals surface area contributed by atoms with Crippen LogP contribution in [-0.2, 0) is 4.79 Å². The molecule has 1 aliphatic heterocycles. The fourth-order valence-electron chi connectivity index (χ4n) is 4.65. The lowest BCUT2D eigenvalue weighted by Crippen LogP contribution is -2.43. The number of carbonyl (C=O) groups excluding carboxylic acids is 1. The third-order valence-corrected chi connectivity index (χ3v) is 6.59. The lowest BCUT2D eigenvalue weighted by Gasteiger charge is -2.31. The van der Waals surface area contributed by atoms with E-state index in [1.807, 2.05) is 0 Å². The van der Waals surface area contributed by atoms with Crippen LogP contribution >= 0.6 is 0 Å². The molecular weight excluding hydrogens is 419 g/mol. The second-order valence-corrected chi connectivity index (χ2v) is 9.33. The molecule has 1 amide bonds. The number of likely N-dealkylation sites (tertiary alicyclic amines) is 1. The molecule has 2 heterocycles. The van der Waals surface area contributed by atoms with Crippen molar-refractivity contribution >= 4 is 5.91 Å². The molecule has 1 aliphatic carbocycles. The van der Waals surface area contributed by atoms with E-state index in [1.54, 1.807) is 12.1 Å². The average Bonchev–Trinajstić information content (AvgIpc) is 3.53. The molecule has 2 atom stereocenters. The zero-order chi connectivity index (χ0) is 22.8. The number of amides is 1. The van der Waals surface area contributed by atoms with Crippen LogP contribution in [0.25, 0.3) is 11.4 Å². The van der Waals surface area contributed by atoms with Gasteiger partial charge in [0.2, 0.25) is 17.6 Å². The molecule has 1 saturated heterocycles. The molecule has 2 aliphatic rings. The minimum absolute atomic E-state index is 0.0547. The molecule has 6 nitrogen and oxygen atoms in total. The Morgan fingerprint density at radius 2 is 2.03 bits per heavy atom. The van der Waals surface area contributed by atoms with Gasteiger partial charge in [-0.1, -0.05) is 47.1 Å². The van der Waals surface area contributed by atoms with Gasteiger partial charge in [0.05, 0.1) is 18.5 Å². The summed E-state index contributed by atoms with van der Waals surface area (Å²) < 4.78 is 19.0. The van der Waals surface area contributed by atoms with Crippen LogP contribution in [0.3, 0.4) is 0 Å². The molecule has 1 N–H and O–H groups in total. The van der Waals surface area contributed by atoms with E-state index in [4.69, 9.17) is 4.52 Å². The number of rotatable bonds is 7. The SMILES string of the molecule is Cc1ccc(C(NC(=O)CN2CCCC(c3nc(-c4cccc(F)c4)no3)C2)C2CC2)cc1. The van der Waals surface area contributed by atoms with Gasteiger partial charge in [-0.2, -0.15) is 4.98 Å². The monoisotopic (exact) mass is 448 g/mol. The van der Waals surface area contributed by atoms with Crippen molar-refractivity contribution < 1.29 is 13.7 Å². The van der Waals surface area contributed by atoms with Crippen LogP contribution in [0.4, 0.5) is 4.39 Å². The predicted octanol–water partition coefficient (Wildman–Crippen LogP) is 4.63. The number of halogens is 1. The smallest absolute Gasteiger partial charge is 0.234 e. The first-order chi connectivity index (χ1) is 16.0. The highest BCUT2D eigenvalue weighted by atomic mass is 19.1. The summed E-state index contributed by atoms with van der Waals surface area (Å²) in [7, 11) is 0. The first-order valence-electron chi connectivity index (χ1n) is 11.7. The molecule has 5 rings (SSSR count). The Bertz CT molecular complexity index is 1110. The summed E-state index contributed by atoms with van der Waals surface area (Å²) in [5.41, 5.74) is 3.00. The van der Waals surface area contributed by atoms with Gasteiger partial charge in [0, 0.05) is 12.1 Å². The molecule has 1 aromatic heterocycles. The topological polar surface area (TPSA) is 71.3 Å². The molecule has 3 aromatic rings. The Morgan fingerprint density at radius 1 is 1.21 bits per heavy atom. The second kappa shape index (κ2) is 9.43. The van der Waals surface area contributed by atoms with Crippen LogP contribution in [0, 0.1) is 18.7 Å². The number of hydrogen-bond acceptors (Lipinski definition) is 5. The van der Waals surface area contributed by atoms with Gasteiger partial charge in [-0.3, -0.25) is 9.69 Å². The Balaban J connectivity index is 1.20. The Kier molecular flexibility index (Phi) is 6.22. The normalized spacial score (nSPS) is 19.9. The number of aromatic nitrogens is 2. The molecule has 2 aromatic carbocycles. The van der Waals surface area contributed by atoms with Crippen molar-refractivity contribution in [2.75, 3.05) is 19.6 Å². The number of benzene rings is 2. The van der Waals surface area contributed by atoms with Crippen molar-refractivity contribution in [1.29, 1.82) is 0 Å². The largest absolute Gasteiger partial charge is 0.348 e. The van der Waals surface area contributed by atoms with E-state index >= 15 is 0 Å². The first-order valence-corrected chi connectivity index (χ1v) is 11.7. The molecule has 0 bridgehead atoms. The lowest BCUT2D eigenvalue weighted by atomic mass is 9.97. The van der Waals surface area contributed by atoms with Gasteiger partial charge < -0.3 is 9.84 Å². The van der Waals surface area contributed by atoms with E-state index in [0.29, 0.717) is 36.3 Å². The molecular formula is C26H29FN4O2. The summed E-state index contributed by atoms with van der Waals surface area (Å²) in [5.74, 6) is 1.27. The number of nitrogens with zero attached hydrogens (tertiary/aromatic N) is 3. The van der Waals surface area contributed by atoms with Crippen LogP contribution in [0.2, 0.25) is 0 Å². The third kappa shape index (κ3) is 5.30. The van der Waals surface area contributed by atoms with Gasteiger partial charge in [0.25, 0.3) is 0 Å². The maximum Gasteiger partial charge on any atom is 0.234 e. The van der Waals surface area contributed by atoms with Gasteiger partial charge in [0.15, 0.2) is 0 Å². The molecule has 0 radical (unpaired) electrons. The number of aryl methyl sites for hydroxylation is 1. The lowest BCUT2D eigenvalue weighted by molar-refractivity contribution is -0.123. The number of hydrogen-bond donors (Lipinski definition) is 1. The molecule has 1 saturated carbocycles. The number of piperidine rings is 1. The molecule has 0 spiro atoms. The zero-order valence-corrected chi connectivity index (χ0v) is 18.8. The van der Waals surface area contributed by atoms with Crippen LogP contribution in [0.5, 0.6) is 0 Å². The molecule has 172 valence electrons. The van der Waals surface area contributed by atoms with E-state index in [0.717, 1.165) is 32.2 Å². The van der Waals surface area contributed by atoms with Crippen molar-refractivity contribution in [3.63, 3.8) is 0 Å².